The molecule has 0 unspecified atom stereocenters. The number of nitro groups is 1. The van der Waals surface area contributed by atoms with Gasteiger partial charge in [-0.3, -0.25) is 15.5 Å². The van der Waals surface area contributed by atoms with Crippen LogP contribution in [0, 0.1) is 10.1 Å². The summed E-state index contributed by atoms with van der Waals surface area (Å²) in [6.45, 7) is 0. The summed E-state index contributed by atoms with van der Waals surface area (Å²) in [5.74, 6) is 0. The number of hydrazone groups is 1. The normalized spacial score (nSPS) is 15.8. The van der Waals surface area contributed by atoms with E-state index in [0.29, 0.717) is 16.7 Å². The van der Waals surface area contributed by atoms with E-state index in [4.69, 9.17) is 12.2 Å². The Morgan fingerprint density at radius 3 is 2.78 bits per heavy atom. The standard InChI is InChI=1S/C16H20N4O2S/c21-20(22)15-11-5-4-7-13(15)8-6-12-17-19-16(23)18-14-9-2-1-3-10-14/h4-8,11-12,14H,1-3,9-10H2,(H2,18,19,23). The third-order valence-corrected chi connectivity index (χ3v) is 3.89. The van der Waals surface area contributed by atoms with Crippen LogP contribution in [0.4, 0.5) is 5.69 Å². The minimum absolute atomic E-state index is 0.0691. The fraction of sp³-hybridized carbons (Fsp3) is 0.375. The number of hydrogen-bond donors (Lipinski definition) is 2. The number of nitro benzene ring substituents is 1. The lowest BCUT2D eigenvalue weighted by Gasteiger charge is -2.23. The molecule has 1 aliphatic rings. The Morgan fingerprint density at radius 2 is 2.04 bits per heavy atom. The van der Waals surface area contributed by atoms with Gasteiger partial charge in [0.25, 0.3) is 5.69 Å². The zero-order chi connectivity index (χ0) is 16.5. The average molecular weight is 332 g/mol. The number of para-hydroxylation sites is 1. The molecule has 2 N–H and O–H groups in total. The Labute approximate surface area is 140 Å². The van der Waals surface area contributed by atoms with E-state index in [0.717, 1.165) is 12.8 Å². The van der Waals surface area contributed by atoms with Crippen molar-refractivity contribution in [1.29, 1.82) is 0 Å². The molecule has 0 radical (unpaired) electrons. The van der Waals surface area contributed by atoms with Crippen LogP contribution < -0.4 is 10.7 Å². The van der Waals surface area contributed by atoms with Gasteiger partial charge in [0, 0.05) is 18.3 Å². The molecule has 0 aromatic heterocycles. The zero-order valence-electron chi connectivity index (χ0n) is 12.8. The van der Waals surface area contributed by atoms with Crippen LogP contribution in [0.15, 0.2) is 35.4 Å². The molecule has 0 bridgehead atoms. The summed E-state index contributed by atoms with van der Waals surface area (Å²) in [4.78, 5) is 10.5. The topological polar surface area (TPSA) is 79.6 Å². The zero-order valence-corrected chi connectivity index (χ0v) is 13.6. The minimum atomic E-state index is -0.404. The summed E-state index contributed by atoms with van der Waals surface area (Å²) in [5.41, 5.74) is 3.36. The number of allylic oxidation sites excluding steroid dienone is 1. The van der Waals surface area contributed by atoms with Gasteiger partial charge in [0.2, 0.25) is 0 Å². The van der Waals surface area contributed by atoms with Gasteiger partial charge in [-0.2, -0.15) is 5.10 Å². The quantitative estimate of drug-likeness (QED) is 0.374. The summed E-state index contributed by atoms with van der Waals surface area (Å²) in [6, 6.07) is 6.98. The molecule has 0 aliphatic heterocycles. The van der Waals surface area contributed by atoms with E-state index < -0.39 is 4.92 Å². The van der Waals surface area contributed by atoms with Crippen molar-refractivity contribution < 1.29 is 4.92 Å². The molecule has 2 rings (SSSR count). The van der Waals surface area contributed by atoms with E-state index in [-0.39, 0.29) is 5.69 Å². The molecule has 0 saturated heterocycles. The van der Waals surface area contributed by atoms with E-state index in [1.165, 1.54) is 31.5 Å². The Hall–Kier alpha value is -2.28. The number of thiocarbonyl (C=S) groups is 1. The van der Waals surface area contributed by atoms with E-state index in [1.54, 1.807) is 30.4 Å². The lowest BCUT2D eigenvalue weighted by atomic mass is 9.96. The van der Waals surface area contributed by atoms with Gasteiger partial charge in [0.1, 0.15) is 0 Å². The van der Waals surface area contributed by atoms with E-state index in [2.05, 4.69) is 15.8 Å². The van der Waals surface area contributed by atoms with Gasteiger partial charge in [-0.1, -0.05) is 31.4 Å². The number of nitrogens with zero attached hydrogens (tertiary/aromatic N) is 2. The highest BCUT2D eigenvalue weighted by atomic mass is 32.1. The van der Waals surface area contributed by atoms with E-state index in [9.17, 15) is 10.1 Å². The highest BCUT2D eigenvalue weighted by Crippen LogP contribution is 2.18. The second-order valence-electron chi connectivity index (χ2n) is 5.37. The predicted molar refractivity (Wildman–Crippen MR) is 96.4 cm³/mol. The molecule has 1 fully saturated rings. The van der Waals surface area contributed by atoms with Crippen molar-refractivity contribution in [2.24, 2.45) is 5.10 Å². The Kier molecular flexibility index (Phi) is 6.68. The molecule has 1 aliphatic carbocycles. The van der Waals surface area contributed by atoms with Gasteiger partial charge < -0.3 is 5.32 Å². The summed E-state index contributed by atoms with van der Waals surface area (Å²) in [7, 11) is 0. The van der Waals surface area contributed by atoms with Crippen molar-refractivity contribution >= 4 is 35.3 Å². The van der Waals surface area contributed by atoms with Gasteiger partial charge in [0.15, 0.2) is 5.11 Å². The minimum Gasteiger partial charge on any atom is -0.359 e. The Balaban J connectivity index is 1.80. The molecule has 122 valence electrons. The van der Waals surface area contributed by atoms with Gasteiger partial charge in [-0.15, -0.1) is 0 Å². The molecule has 0 atom stereocenters. The first-order valence-electron chi connectivity index (χ1n) is 7.66. The van der Waals surface area contributed by atoms with Crippen LogP contribution in [0.1, 0.15) is 37.7 Å². The summed E-state index contributed by atoms with van der Waals surface area (Å²) in [5, 5.41) is 18.6. The second-order valence-corrected chi connectivity index (χ2v) is 5.78. The summed E-state index contributed by atoms with van der Waals surface area (Å²) in [6.07, 6.45) is 10.9. The lowest BCUT2D eigenvalue weighted by Crippen LogP contribution is -2.40. The monoisotopic (exact) mass is 332 g/mol. The van der Waals surface area contributed by atoms with Crippen molar-refractivity contribution in [3.05, 3.63) is 46.0 Å². The SMILES string of the molecule is O=[N+]([O-])c1ccccc1C=CC=NNC(=S)NC1CCCCC1. The van der Waals surface area contributed by atoms with Crippen molar-refractivity contribution in [1.82, 2.24) is 10.7 Å². The van der Waals surface area contributed by atoms with Crippen molar-refractivity contribution in [3.63, 3.8) is 0 Å². The maximum absolute atomic E-state index is 10.9. The maximum Gasteiger partial charge on any atom is 0.276 e. The highest BCUT2D eigenvalue weighted by molar-refractivity contribution is 7.80. The molecule has 6 nitrogen and oxygen atoms in total. The molecule has 0 amide bonds. The molecule has 0 heterocycles. The fourth-order valence-corrected chi connectivity index (χ4v) is 2.76. The van der Waals surface area contributed by atoms with E-state index >= 15 is 0 Å². The molecule has 1 aromatic carbocycles. The largest absolute Gasteiger partial charge is 0.359 e. The van der Waals surface area contributed by atoms with Crippen molar-refractivity contribution in [2.75, 3.05) is 0 Å². The molecule has 0 spiro atoms. The predicted octanol–water partition coefficient (Wildman–Crippen LogP) is 3.39. The highest BCUT2D eigenvalue weighted by Gasteiger charge is 2.13. The average Bonchev–Trinajstić information content (AvgIpc) is 2.55. The molecule has 7 heteroatoms. The van der Waals surface area contributed by atoms with Crippen LogP contribution in [-0.2, 0) is 0 Å². The van der Waals surface area contributed by atoms with Crippen LogP contribution in [-0.4, -0.2) is 22.3 Å². The second kappa shape index (κ2) is 8.99. The first kappa shape index (κ1) is 17.1. The Bertz CT molecular complexity index is 610. The molecular formula is C16H20N4O2S. The van der Waals surface area contributed by atoms with Crippen molar-refractivity contribution in [2.45, 2.75) is 38.1 Å². The number of nitrogens with one attached hydrogen (secondary N) is 2. The molecule has 1 saturated carbocycles. The number of benzene rings is 1. The van der Waals surface area contributed by atoms with Gasteiger partial charge >= 0.3 is 0 Å². The third kappa shape index (κ3) is 5.78. The molecular weight excluding hydrogens is 312 g/mol. The smallest absolute Gasteiger partial charge is 0.276 e. The first-order chi connectivity index (χ1) is 11.2. The van der Waals surface area contributed by atoms with Crippen molar-refractivity contribution in [3.8, 4) is 0 Å². The van der Waals surface area contributed by atoms with Gasteiger partial charge in [-0.05, 0) is 43.3 Å². The Morgan fingerprint density at radius 1 is 1.30 bits per heavy atom. The summed E-state index contributed by atoms with van der Waals surface area (Å²) < 4.78 is 0. The first-order valence-corrected chi connectivity index (χ1v) is 8.07. The third-order valence-electron chi connectivity index (χ3n) is 3.68. The van der Waals surface area contributed by atoms with Crippen LogP contribution >= 0.6 is 12.2 Å². The van der Waals surface area contributed by atoms with E-state index in [1.807, 2.05) is 0 Å². The lowest BCUT2D eigenvalue weighted by molar-refractivity contribution is -0.385. The molecule has 23 heavy (non-hydrogen) atoms. The maximum atomic E-state index is 10.9. The van der Waals surface area contributed by atoms with Crippen LogP contribution in [0.5, 0.6) is 0 Å². The fourth-order valence-electron chi connectivity index (χ4n) is 2.54. The van der Waals surface area contributed by atoms with Crippen LogP contribution in [0.25, 0.3) is 6.08 Å². The van der Waals surface area contributed by atoms with Gasteiger partial charge in [0.05, 0.1) is 10.5 Å². The van der Waals surface area contributed by atoms with Crippen LogP contribution in [0.3, 0.4) is 0 Å². The van der Waals surface area contributed by atoms with Crippen LogP contribution in [0.2, 0.25) is 0 Å². The summed E-state index contributed by atoms with van der Waals surface area (Å²) >= 11 is 5.18. The number of hydrogen-bond acceptors (Lipinski definition) is 4. The number of rotatable bonds is 5. The van der Waals surface area contributed by atoms with Gasteiger partial charge in [-0.25, -0.2) is 0 Å². The molecule has 1 aromatic rings.